The average Bonchev–Trinajstić information content (AvgIpc) is 2.97. The number of benzene rings is 4. The summed E-state index contributed by atoms with van der Waals surface area (Å²) in [5.41, 5.74) is 4.87. The van der Waals surface area contributed by atoms with Crippen molar-refractivity contribution in [1.29, 1.82) is 0 Å². The molecule has 4 aromatic rings. The van der Waals surface area contributed by atoms with Crippen molar-refractivity contribution in [2.24, 2.45) is 0 Å². The van der Waals surface area contributed by atoms with E-state index >= 15 is 0 Å². The van der Waals surface area contributed by atoms with Gasteiger partial charge in [-0.3, -0.25) is 9.59 Å². The van der Waals surface area contributed by atoms with Crippen molar-refractivity contribution in [1.82, 2.24) is 5.32 Å². The second kappa shape index (κ2) is 12.6. The quantitative estimate of drug-likeness (QED) is 0.183. The van der Waals surface area contributed by atoms with Crippen molar-refractivity contribution in [3.05, 3.63) is 119 Å². The first-order valence-corrected chi connectivity index (χ1v) is 13.5. The number of rotatable bonds is 9. The summed E-state index contributed by atoms with van der Waals surface area (Å²) in [6.45, 7) is 7.80. The van der Waals surface area contributed by atoms with Crippen LogP contribution in [0.1, 0.15) is 59.5 Å². The summed E-state index contributed by atoms with van der Waals surface area (Å²) >= 11 is 0. The number of amides is 1. The minimum Gasteiger partial charge on any atom is -0.497 e. The molecule has 1 amide bonds. The van der Waals surface area contributed by atoms with Crippen molar-refractivity contribution >= 4 is 17.7 Å². The van der Waals surface area contributed by atoms with Crippen molar-refractivity contribution in [2.45, 2.75) is 45.6 Å². The van der Waals surface area contributed by atoms with E-state index in [1.54, 1.807) is 55.6 Å². The van der Waals surface area contributed by atoms with Crippen LogP contribution in [0.5, 0.6) is 11.5 Å². The molecule has 6 nitrogen and oxygen atoms in total. The van der Waals surface area contributed by atoms with Crippen LogP contribution < -0.4 is 14.8 Å². The first kappa shape index (κ1) is 29.3. The van der Waals surface area contributed by atoms with E-state index in [2.05, 4.69) is 26.1 Å². The first-order valence-electron chi connectivity index (χ1n) is 13.5. The van der Waals surface area contributed by atoms with Crippen LogP contribution in [0, 0.1) is 0 Å². The smallest absolute Gasteiger partial charge is 0.343 e. The number of ketones is 1. The second-order valence-corrected chi connectivity index (χ2v) is 11.0. The normalized spacial score (nSPS) is 11.8. The predicted molar refractivity (Wildman–Crippen MR) is 161 cm³/mol. The molecule has 4 aromatic carbocycles. The third-order valence-electron chi connectivity index (χ3n) is 6.93. The van der Waals surface area contributed by atoms with Crippen LogP contribution >= 0.6 is 0 Å². The lowest BCUT2D eigenvalue weighted by molar-refractivity contribution is -0.118. The molecular weight excluding hydrogens is 514 g/mol. The highest BCUT2D eigenvalue weighted by Crippen LogP contribution is 2.24. The van der Waals surface area contributed by atoms with Crippen LogP contribution in [0.4, 0.5) is 0 Å². The van der Waals surface area contributed by atoms with Crippen molar-refractivity contribution in [2.75, 3.05) is 7.11 Å². The summed E-state index contributed by atoms with van der Waals surface area (Å²) in [6.07, 6.45) is 0.322. The van der Waals surface area contributed by atoms with Crippen molar-refractivity contribution in [3.63, 3.8) is 0 Å². The topological polar surface area (TPSA) is 81.7 Å². The lowest BCUT2D eigenvalue weighted by Gasteiger charge is -2.20. The minimum atomic E-state index is -0.678. The van der Waals surface area contributed by atoms with Gasteiger partial charge >= 0.3 is 5.97 Å². The Labute approximate surface area is 241 Å². The molecule has 0 unspecified atom stereocenters. The van der Waals surface area contributed by atoms with Crippen LogP contribution in [0.25, 0.3) is 11.1 Å². The molecule has 0 saturated heterocycles. The molecule has 0 saturated carbocycles. The fourth-order valence-corrected chi connectivity index (χ4v) is 4.34. The largest absolute Gasteiger partial charge is 0.497 e. The van der Waals surface area contributed by atoms with Crippen molar-refractivity contribution in [3.8, 4) is 22.6 Å². The fourth-order valence-electron chi connectivity index (χ4n) is 4.34. The summed E-state index contributed by atoms with van der Waals surface area (Å²) in [5.74, 6) is 0.265. The zero-order valence-electron chi connectivity index (χ0n) is 24.1. The highest BCUT2D eigenvalue weighted by Gasteiger charge is 2.20. The molecule has 210 valence electrons. The first-order chi connectivity index (χ1) is 19.5. The molecule has 1 atom stereocenters. The summed E-state index contributed by atoms with van der Waals surface area (Å²) in [6, 6.07) is 28.6. The van der Waals surface area contributed by atoms with Crippen LogP contribution in [0.2, 0.25) is 0 Å². The molecule has 0 aliphatic heterocycles. The van der Waals surface area contributed by atoms with Gasteiger partial charge < -0.3 is 14.8 Å². The van der Waals surface area contributed by atoms with E-state index < -0.39 is 12.0 Å². The maximum atomic E-state index is 12.8. The van der Waals surface area contributed by atoms with E-state index in [0.717, 1.165) is 28.0 Å². The van der Waals surface area contributed by atoms with Gasteiger partial charge in [0.1, 0.15) is 11.5 Å². The molecule has 0 aliphatic carbocycles. The Hall–Kier alpha value is -4.71. The van der Waals surface area contributed by atoms with Gasteiger partial charge in [0.25, 0.3) is 5.91 Å². The Morgan fingerprint density at radius 3 is 1.73 bits per heavy atom. The Balaban J connectivity index is 1.35. The second-order valence-electron chi connectivity index (χ2n) is 11.0. The van der Waals surface area contributed by atoms with Gasteiger partial charge in [-0.15, -0.1) is 0 Å². The van der Waals surface area contributed by atoms with Crippen LogP contribution in [-0.4, -0.2) is 30.8 Å². The van der Waals surface area contributed by atoms with E-state index in [1.165, 1.54) is 6.92 Å². The number of methoxy groups -OCH3 is 1. The number of carbonyl (C=O) groups is 3. The van der Waals surface area contributed by atoms with E-state index in [0.29, 0.717) is 23.3 Å². The van der Waals surface area contributed by atoms with E-state index in [9.17, 15) is 14.4 Å². The lowest BCUT2D eigenvalue weighted by Crippen LogP contribution is -2.41. The lowest BCUT2D eigenvalue weighted by atomic mass is 9.86. The summed E-state index contributed by atoms with van der Waals surface area (Å²) in [7, 11) is 1.63. The maximum absolute atomic E-state index is 12.8. The van der Waals surface area contributed by atoms with E-state index in [4.69, 9.17) is 9.47 Å². The number of esters is 1. The van der Waals surface area contributed by atoms with Crippen molar-refractivity contribution < 1.29 is 23.9 Å². The standard InChI is InChI=1S/C35H35NO5/c1-23(37)32(36-33(38)27-12-16-29(17-13-27)35(2,3)4)22-24-6-18-31(19-7-24)41-34(39)28-10-8-25(9-11-28)26-14-20-30(40-5)21-15-26/h6-21,32H,22H2,1-5H3,(H,36,38)/t32-/m0/s1. The van der Waals surface area contributed by atoms with Crippen LogP contribution in [0.3, 0.4) is 0 Å². The zero-order valence-corrected chi connectivity index (χ0v) is 24.1. The highest BCUT2D eigenvalue weighted by molar-refractivity contribution is 5.97. The van der Waals surface area contributed by atoms with Crippen LogP contribution in [0.15, 0.2) is 97.1 Å². The summed E-state index contributed by atoms with van der Waals surface area (Å²) in [4.78, 5) is 37.8. The van der Waals surface area contributed by atoms with Gasteiger partial charge in [0.2, 0.25) is 0 Å². The molecule has 0 heterocycles. The van der Waals surface area contributed by atoms with Gasteiger partial charge in [0.15, 0.2) is 5.78 Å². The third-order valence-corrected chi connectivity index (χ3v) is 6.93. The Morgan fingerprint density at radius 1 is 0.707 bits per heavy atom. The molecule has 1 N–H and O–H groups in total. The molecule has 0 radical (unpaired) electrons. The number of hydrogen-bond donors (Lipinski definition) is 1. The Kier molecular flexibility index (Phi) is 9.03. The maximum Gasteiger partial charge on any atom is 0.343 e. The molecular formula is C35H35NO5. The van der Waals surface area contributed by atoms with E-state index in [-0.39, 0.29) is 17.1 Å². The molecule has 0 aliphatic rings. The van der Waals surface area contributed by atoms with E-state index in [1.807, 2.05) is 48.5 Å². The third kappa shape index (κ3) is 7.70. The zero-order chi connectivity index (χ0) is 29.6. The summed E-state index contributed by atoms with van der Waals surface area (Å²) < 4.78 is 10.7. The number of Topliss-reactive ketones (excluding diaryl/α,β-unsaturated/α-hetero) is 1. The van der Waals surface area contributed by atoms with Gasteiger partial charge in [-0.25, -0.2) is 4.79 Å². The van der Waals surface area contributed by atoms with Crippen LogP contribution in [-0.2, 0) is 16.6 Å². The number of hydrogen-bond acceptors (Lipinski definition) is 5. The minimum absolute atomic E-state index is 0.0140. The van der Waals surface area contributed by atoms with Gasteiger partial charge in [-0.2, -0.15) is 0 Å². The SMILES string of the molecule is COc1ccc(-c2ccc(C(=O)Oc3ccc(C[C@H](NC(=O)c4ccc(C(C)(C)C)cc4)C(C)=O)cc3)cc2)cc1. The predicted octanol–water partition coefficient (Wildman–Crippen LogP) is 6.81. The summed E-state index contributed by atoms with van der Waals surface area (Å²) in [5, 5.41) is 2.85. The average molecular weight is 550 g/mol. The number of nitrogens with one attached hydrogen (secondary N) is 1. The molecule has 41 heavy (non-hydrogen) atoms. The molecule has 4 rings (SSSR count). The van der Waals surface area contributed by atoms with Gasteiger partial charge in [0, 0.05) is 5.56 Å². The molecule has 0 fully saturated rings. The molecule has 0 spiro atoms. The molecule has 0 bridgehead atoms. The number of ether oxygens (including phenoxy) is 2. The highest BCUT2D eigenvalue weighted by atomic mass is 16.5. The number of carbonyl (C=O) groups excluding carboxylic acids is 3. The Morgan fingerprint density at radius 2 is 1.22 bits per heavy atom. The molecule has 6 heteroatoms. The monoisotopic (exact) mass is 549 g/mol. The van der Waals surface area contributed by atoms with Gasteiger partial charge in [-0.05, 0) is 89.5 Å². The van der Waals surface area contributed by atoms with Gasteiger partial charge in [0.05, 0.1) is 18.7 Å². The van der Waals surface area contributed by atoms with Gasteiger partial charge in [-0.1, -0.05) is 69.3 Å². The fraction of sp³-hybridized carbons (Fsp3) is 0.229. The Bertz CT molecular complexity index is 1500. The molecule has 0 aromatic heterocycles.